The normalized spacial score (nSPS) is 15.7. The van der Waals surface area contributed by atoms with E-state index in [-0.39, 0.29) is 23.5 Å². The first-order chi connectivity index (χ1) is 16.3. The molecule has 0 atom stereocenters. The fourth-order valence-corrected chi connectivity index (χ4v) is 4.86. The molecule has 0 aliphatic carbocycles. The van der Waals surface area contributed by atoms with Crippen LogP contribution in [-0.4, -0.2) is 76.7 Å². The minimum absolute atomic E-state index is 0.134. The van der Waals surface area contributed by atoms with Crippen LogP contribution in [0.3, 0.4) is 0 Å². The summed E-state index contributed by atoms with van der Waals surface area (Å²) in [5.74, 6) is 0.269. The topological polar surface area (TPSA) is 128 Å². The van der Waals surface area contributed by atoms with Crippen LogP contribution in [0.25, 0.3) is 5.69 Å². The van der Waals surface area contributed by atoms with Crippen molar-refractivity contribution in [3.05, 3.63) is 70.4 Å². The van der Waals surface area contributed by atoms with Gasteiger partial charge in [-0.15, -0.1) is 0 Å². The lowest BCUT2D eigenvalue weighted by Gasteiger charge is -2.26. The number of aryl methyl sites for hydroxylation is 1. The Morgan fingerprint density at radius 3 is 2.74 bits per heavy atom. The molecule has 0 unspecified atom stereocenters. The van der Waals surface area contributed by atoms with E-state index in [0.29, 0.717) is 37.4 Å². The molecule has 2 aromatic heterocycles. The number of rotatable bonds is 7. The molecule has 0 radical (unpaired) electrons. The van der Waals surface area contributed by atoms with Gasteiger partial charge in [0.2, 0.25) is 5.43 Å². The van der Waals surface area contributed by atoms with Gasteiger partial charge in [0.05, 0.1) is 23.9 Å². The van der Waals surface area contributed by atoms with Crippen molar-refractivity contribution in [3.63, 3.8) is 0 Å². The number of hydrogen-bond donors (Lipinski definition) is 1. The maximum Gasteiger partial charge on any atom is 0.411 e. The predicted molar refractivity (Wildman–Crippen MR) is 126 cm³/mol. The molecule has 3 heterocycles. The number of benzene rings is 1. The highest BCUT2D eigenvalue weighted by atomic mass is 32.2. The molecular weight excluding hydrogens is 460 g/mol. The fourth-order valence-electron chi connectivity index (χ4n) is 3.59. The highest BCUT2D eigenvalue weighted by Gasteiger charge is 2.21. The Bertz CT molecular complexity index is 1320. The second-order valence-corrected chi connectivity index (χ2v) is 10.4. The maximum absolute atomic E-state index is 12.3. The summed E-state index contributed by atoms with van der Waals surface area (Å²) in [7, 11) is -1.13. The summed E-state index contributed by atoms with van der Waals surface area (Å²) in [4.78, 5) is 26.5. The van der Waals surface area contributed by atoms with Crippen LogP contribution in [0, 0.1) is 0 Å². The molecule has 1 amide bonds. The average molecular weight is 487 g/mol. The zero-order valence-corrected chi connectivity index (χ0v) is 19.6. The van der Waals surface area contributed by atoms with Crippen LogP contribution in [-0.2, 0) is 28.0 Å². The number of sulfone groups is 1. The fraction of sp³-hybridized carbons (Fsp3) is 0.364. The second-order valence-electron chi connectivity index (χ2n) is 8.07. The van der Waals surface area contributed by atoms with E-state index in [2.05, 4.69) is 15.5 Å². The van der Waals surface area contributed by atoms with Crippen LogP contribution in [0.2, 0.25) is 0 Å². The third-order valence-electron chi connectivity index (χ3n) is 5.46. The highest BCUT2D eigenvalue weighted by Crippen LogP contribution is 2.14. The monoisotopic (exact) mass is 486 g/mol. The van der Waals surface area contributed by atoms with Gasteiger partial charge in [0.25, 0.3) is 0 Å². The van der Waals surface area contributed by atoms with Crippen molar-refractivity contribution < 1.29 is 17.9 Å². The molecule has 34 heavy (non-hydrogen) atoms. The van der Waals surface area contributed by atoms with Gasteiger partial charge in [-0.25, -0.2) is 17.9 Å². The Morgan fingerprint density at radius 2 is 2.00 bits per heavy atom. The standard InChI is InChI=1S/C22H26N6O5S/c1-26-16-19(15-23-26)28-6-5-21(29)20(25-28)14-17-3-2-4-18(13-17)24-22(30)33-10-7-27-8-11-34(31,32)12-9-27/h2-6,13,15-16H,7-12,14H2,1H3,(H,24,30). The van der Waals surface area contributed by atoms with Crippen LogP contribution in [0.15, 0.2) is 53.7 Å². The summed E-state index contributed by atoms with van der Waals surface area (Å²) in [6, 6.07) is 8.59. The molecule has 1 fully saturated rings. The van der Waals surface area contributed by atoms with Gasteiger partial charge < -0.3 is 4.74 Å². The van der Waals surface area contributed by atoms with Gasteiger partial charge in [0, 0.05) is 51.1 Å². The number of aromatic nitrogens is 4. The number of nitrogens with one attached hydrogen (secondary N) is 1. The van der Waals surface area contributed by atoms with Gasteiger partial charge in [-0.1, -0.05) is 12.1 Å². The first kappa shape index (κ1) is 23.6. The zero-order chi connectivity index (χ0) is 24.1. The molecule has 0 bridgehead atoms. The van der Waals surface area contributed by atoms with Crippen LogP contribution in [0.5, 0.6) is 0 Å². The predicted octanol–water partition coefficient (Wildman–Crippen LogP) is 0.836. The minimum Gasteiger partial charge on any atom is -0.448 e. The SMILES string of the molecule is Cn1cc(-n2ccc(=O)c(Cc3cccc(NC(=O)OCCN4CCS(=O)(=O)CC4)c3)n2)cn1. The number of anilines is 1. The number of amides is 1. The summed E-state index contributed by atoms with van der Waals surface area (Å²) in [5, 5.41) is 11.2. The van der Waals surface area contributed by atoms with E-state index in [0.717, 1.165) is 11.3 Å². The van der Waals surface area contributed by atoms with Crippen molar-refractivity contribution in [1.29, 1.82) is 0 Å². The molecule has 12 heteroatoms. The van der Waals surface area contributed by atoms with Gasteiger partial charge in [-0.05, 0) is 17.7 Å². The van der Waals surface area contributed by atoms with Gasteiger partial charge in [-0.3, -0.25) is 19.7 Å². The van der Waals surface area contributed by atoms with Crippen molar-refractivity contribution in [3.8, 4) is 5.69 Å². The second kappa shape index (κ2) is 10.2. The van der Waals surface area contributed by atoms with E-state index in [4.69, 9.17) is 4.74 Å². The van der Waals surface area contributed by atoms with Crippen LogP contribution >= 0.6 is 0 Å². The van der Waals surface area contributed by atoms with E-state index < -0.39 is 15.9 Å². The van der Waals surface area contributed by atoms with Crippen molar-refractivity contribution in [2.75, 3.05) is 43.1 Å². The summed E-state index contributed by atoms with van der Waals surface area (Å²) in [5.41, 5.74) is 2.28. The van der Waals surface area contributed by atoms with E-state index in [1.807, 2.05) is 11.0 Å². The molecule has 1 N–H and O–H groups in total. The van der Waals surface area contributed by atoms with E-state index in [9.17, 15) is 18.0 Å². The Labute approximate surface area is 196 Å². The lowest BCUT2D eigenvalue weighted by molar-refractivity contribution is 0.142. The number of carbonyl (C=O) groups excluding carboxylic acids is 1. The quantitative estimate of drug-likeness (QED) is 0.520. The van der Waals surface area contributed by atoms with E-state index in [1.54, 1.807) is 53.2 Å². The lowest BCUT2D eigenvalue weighted by atomic mass is 10.1. The molecule has 4 rings (SSSR count). The van der Waals surface area contributed by atoms with Crippen molar-refractivity contribution in [2.45, 2.75) is 6.42 Å². The average Bonchev–Trinajstić information content (AvgIpc) is 3.23. The first-order valence-electron chi connectivity index (χ1n) is 10.8. The number of carbonyl (C=O) groups is 1. The number of ether oxygens (including phenoxy) is 1. The maximum atomic E-state index is 12.3. The van der Waals surface area contributed by atoms with Gasteiger partial charge >= 0.3 is 6.09 Å². The van der Waals surface area contributed by atoms with E-state index in [1.165, 1.54) is 6.07 Å². The van der Waals surface area contributed by atoms with Crippen LogP contribution in [0.1, 0.15) is 11.3 Å². The Balaban J connectivity index is 1.32. The minimum atomic E-state index is -2.93. The third kappa shape index (κ3) is 6.29. The molecule has 180 valence electrons. The third-order valence-corrected chi connectivity index (χ3v) is 7.07. The van der Waals surface area contributed by atoms with Gasteiger partial charge in [0.15, 0.2) is 9.84 Å². The molecular formula is C22H26N6O5S. The molecule has 3 aromatic rings. The lowest BCUT2D eigenvalue weighted by Crippen LogP contribution is -2.42. The van der Waals surface area contributed by atoms with Gasteiger partial charge in [0.1, 0.15) is 18.0 Å². The highest BCUT2D eigenvalue weighted by molar-refractivity contribution is 7.91. The summed E-state index contributed by atoms with van der Waals surface area (Å²) < 4.78 is 31.4. The van der Waals surface area contributed by atoms with Crippen molar-refractivity contribution in [1.82, 2.24) is 24.5 Å². The molecule has 1 saturated heterocycles. The van der Waals surface area contributed by atoms with Crippen molar-refractivity contribution >= 4 is 21.6 Å². The summed E-state index contributed by atoms with van der Waals surface area (Å²) in [6.07, 6.45) is 4.75. The molecule has 1 aromatic carbocycles. The smallest absolute Gasteiger partial charge is 0.411 e. The first-order valence-corrected chi connectivity index (χ1v) is 12.6. The van der Waals surface area contributed by atoms with Crippen LogP contribution in [0.4, 0.5) is 10.5 Å². The van der Waals surface area contributed by atoms with Crippen LogP contribution < -0.4 is 10.7 Å². The molecule has 11 nitrogen and oxygen atoms in total. The zero-order valence-electron chi connectivity index (χ0n) is 18.8. The Morgan fingerprint density at radius 1 is 1.21 bits per heavy atom. The Kier molecular flexibility index (Phi) is 7.08. The van der Waals surface area contributed by atoms with Crippen molar-refractivity contribution in [2.24, 2.45) is 7.05 Å². The largest absolute Gasteiger partial charge is 0.448 e. The molecule has 0 spiro atoms. The molecule has 0 saturated carbocycles. The number of hydrogen-bond acceptors (Lipinski definition) is 8. The number of nitrogens with zero attached hydrogens (tertiary/aromatic N) is 5. The molecule has 1 aliphatic rings. The summed E-state index contributed by atoms with van der Waals surface area (Å²) in [6.45, 7) is 1.54. The van der Waals surface area contributed by atoms with E-state index >= 15 is 0 Å². The molecule has 1 aliphatic heterocycles. The summed E-state index contributed by atoms with van der Waals surface area (Å²) >= 11 is 0. The Hall–Kier alpha value is -3.51. The van der Waals surface area contributed by atoms with Gasteiger partial charge in [-0.2, -0.15) is 10.2 Å².